The number of rotatable bonds is 5. The number of fused-ring (bicyclic) bond motifs is 1. The first-order valence-corrected chi connectivity index (χ1v) is 8.81. The molecule has 0 saturated carbocycles. The molecule has 0 unspecified atom stereocenters. The van der Waals surface area contributed by atoms with Crippen LogP contribution in [0.3, 0.4) is 0 Å². The van der Waals surface area contributed by atoms with E-state index in [-0.39, 0.29) is 11.8 Å². The first-order valence-electron chi connectivity index (χ1n) is 8.81. The lowest BCUT2D eigenvalue weighted by Crippen LogP contribution is -2.25. The second kappa shape index (κ2) is 7.15. The number of nitrogens with zero attached hydrogens (tertiary/aromatic N) is 2. The maximum Gasteiger partial charge on any atom is 0.226 e. The topological polar surface area (TPSA) is 65.4 Å². The molecule has 0 radical (unpaired) electrons. The SMILES string of the molecule is COc1ccc([C@@H]2CC(=O)Nc3c2cnn3Cc2ccccc2)c(OC)c1. The van der Waals surface area contributed by atoms with Crippen molar-refractivity contribution in [1.29, 1.82) is 0 Å². The summed E-state index contributed by atoms with van der Waals surface area (Å²) in [6.45, 7) is 0.600. The molecule has 1 aromatic heterocycles. The number of carbonyl (C=O) groups excluding carboxylic acids is 1. The van der Waals surface area contributed by atoms with Gasteiger partial charge in [0, 0.05) is 29.5 Å². The lowest BCUT2D eigenvalue weighted by Gasteiger charge is -2.25. The lowest BCUT2D eigenvalue weighted by atomic mass is 9.86. The van der Waals surface area contributed by atoms with Crippen LogP contribution in [0.25, 0.3) is 0 Å². The molecular formula is C21H21N3O3. The van der Waals surface area contributed by atoms with Crippen LogP contribution < -0.4 is 14.8 Å². The number of methoxy groups -OCH3 is 2. The average Bonchev–Trinajstić information content (AvgIpc) is 3.10. The van der Waals surface area contributed by atoms with Crippen molar-refractivity contribution in [2.24, 2.45) is 0 Å². The second-order valence-corrected chi connectivity index (χ2v) is 6.50. The van der Waals surface area contributed by atoms with E-state index in [1.165, 1.54) is 0 Å². The molecule has 0 fully saturated rings. The van der Waals surface area contributed by atoms with Crippen molar-refractivity contribution in [3.05, 3.63) is 71.4 Å². The monoisotopic (exact) mass is 363 g/mol. The number of nitrogens with one attached hydrogen (secondary N) is 1. The summed E-state index contributed by atoms with van der Waals surface area (Å²) in [4.78, 5) is 12.4. The largest absolute Gasteiger partial charge is 0.497 e. The molecule has 1 aliphatic rings. The molecule has 2 aromatic carbocycles. The predicted molar refractivity (Wildman–Crippen MR) is 102 cm³/mol. The molecule has 3 aromatic rings. The third-order valence-electron chi connectivity index (χ3n) is 4.88. The van der Waals surface area contributed by atoms with Gasteiger partial charge in [-0.05, 0) is 11.6 Å². The van der Waals surface area contributed by atoms with Crippen molar-refractivity contribution in [3.8, 4) is 11.5 Å². The summed E-state index contributed by atoms with van der Waals surface area (Å²) in [7, 11) is 3.25. The maximum absolute atomic E-state index is 12.4. The molecule has 4 rings (SSSR count). The first kappa shape index (κ1) is 17.1. The van der Waals surface area contributed by atoms with E-state index in [9.17, 15) is 4.79 Å². The second-order valence-electron chi connectivity index (χ2n) is 6.50. The van der Waals surface area contributed by atoms with Crippen LogP contribution in [0.5, 0.6) is 11.5 Å². The smallest absolute Gasteiger partial charge is 0.226 e. The highest BCUT2D eigenvalue weighted by atomic mass is 16.5. The van der Waals surface area contributed by atoms with Crippen LogP contribution in [0.4, 0.5) is 5.82 Å². The van der Waals surface area contributed by atoms with Gasteiger partial charge in [0.2, 0.25) is 5.91 Å². The summed E-state index contributed by atoms with van der Waals surface area (Å²) in [5.41, 5.74) is 3.07. The van der Waals surface area contributed by atoms with E-state index in [1.807, 2.05) is 59.4 Å². The molecular weight excluding hydrogens is 342 g/mol. The summed E-state index contributed by atoms with van der Waals surface area (Å²) in [5.74, 6) is 2.03. The molecule has 138 valence electrons. The first-order chi connectivity index (χ1) is 13.2. The minimum atomic E-state index is -0.112. The van der Waals surface area contributed by atoms with Crippen molar-refractivity contribution < 1.29 is 14.3 Å². The van der Waals surface area contributed by atoms with E-state index in [0.717, 1.165) is 28.3 Å². The molecule has 1 N–H and O–H groups in total. The van der Waals surface area contributed by atoms with Crippen LogP contribution in [0, 0.1) is 0 Å². The molecule has 6 nitrogen and oxygen atoms in total. The van der Waals surface area contributed by atoms with Gasteiger partial charge in [0.1, 0.15) is 17.3 Å². The van der Waals surface area contributed by atoms with Gasteiger partial charge < -0.3 is 14.8 Å². The highest BCUT2D eigenvalue weighted by Crippen LogP contribution is 2.41. The van der Waals surface area contributed by atoms with E-state index in [2.05, 4.69) is 10.4 Å². The fourth-order valence-electron chi connectivity index (χ4n) is 3.53. The third-order valence-corrected chi connectivity index (χ3v) is 4.88. The Labute approximate surface area is 157 Å². The Kier molecular flexibility index (Phi) is 4.54. The maximum atomic E-state index is 12.4. The molecule has 0 bridgehead atoms. The Hall–Kier alpha value is -3.28. The Bertz CT molecular complexity index is 966. The molecule has 0 saturated heterocycles. The van der Waals surface area contributed by atoms with Crippen LogP contribution in [-0.4, -0.2) is 29.9 Å². The van der Waals surface area contributed by atoms with Crippen molar-refractivity contribution in [2.45, 2.75) is 18.9 Å². The number of hydrogen-bond acceptors (Lipinski definition) is 4. The summed E-state index contributed by atoms with van der Waals surface area (Å²) in [5, 5.41) is 7.51. The zero-order chi connectivity index (χ0) is 18.8. The van der Waals surface area contributed by atoms with Gasteiger partial charge in [-0.15, -0.1) is 0 Å². The van der Waals surface area contributed by atoms with Gasteiger partial charge in [-0.3, -0.25) is 4.79 Å². The fraction of sp³-hybridized carbons (Fsp3) is 0.238. The summed E-state index contributed by atoms with van der Waals surface area (Å²) >= 11 is 0. The minimum absolute atomic E-state index is 0.0276. The number of ether oxygens (including phenoxy) is 2. The van der Waals surface area contributed by atoms with Gasteiger partial charge in [-0.2, -0.15) is 5.10 Å². The van der Waals surface area contributed by atoms with Crippen molar-refractivity contribution in [1.82, 2.24) is 9.78 Å². The van der Waals surface area contributed by atoms with Crippen molar-refractivity contribution in [3.63, 3.8) is 0 Å². The van der Waals surface area contributed by atoms with Crippen LogP contribution in [-0.2, 0) is 11.3 Å². The number of amides is 1. The number of carbonyl (C=O) groups is 1. The van der Waals surface area contributed by atoms with Crippen LogP contribution in [0.1, 0.15) is 29.0 Å². The zero-order valence-electron chi connectivity index (χ0n) is 15.3. The Morgan fingerprint density at radius 2 is 1.93 bits per heavy atom. The summed E-state index contributed by atoms with van der Waals surface area (Å²) < 4.78 is 12.7. The molecule has 0 spiro atoms. The van der Waals surface area contributed by atoms with E-state index >= 15 is 0 Å². The lowest BCUT2D eigenvalue weighted by molar-refractivity contribution is -0.116. The van der Waals surface area contributed by atoms with E-state index in [0.29, 0.717) is 18.7 Å². The van der Waals surface area contributed by atoms with Crippen LogP contribution in [0.15, 0.2) is 54.7 Å². The summed E-state index contributed by atoms with van der Waals surface area (Å²) in [6, 6.07) is 15.7. The zero-order valence-corrected chi connectivity index (χ0v) is 15.3. The number of hydrogen-bond donors (Lipinski definition) is 1. The van der Waals surface area contributed by atoms with Crippen molar-refractivity contribution >= 4 is 11.7 Å². The average molecular weight is 363 g/mol. The predicted octanol–water partition coefficient (Wildman–Crippen LogP) is 3.42. The quantitative estimate of drug-likeness (QED) is 0.754. The fourth-order valence-corrected chi connectivity index (χ4v) is 3.53. The normalized spacial score (nSPS) is 15.8. The number of anilines is 1. The van der Waals surface area contributed by atoms with Gasteiger partial charge in [-0.25, -0.2) is 4.68 Å². The molecule has 1 amide bonds. The number of benzene rings is 2. The van der Waals surface area contributed by atoms with E-state index < -0.39 is 0 Å². The molecule has 1 atom stereocenters. The minimum Gasteiger partial charge on any atom is -0.497 e. The molecule has 1 aliphatic heterocycles. The van der Waals surface area contributed by atoms with Gasteiger partial charge in [0.05, 0.1) is 27.0 Å². The molecule has 0 aliphatic carbocycles. The third kappa shape index (κ3) is 3.26. The Morgan fingerprint density at radius 1 is 1.11 bits per heavy atom. The van der Waals surface area contributed by atoms with Crippen LogP contribution in [0.2, 0.25) is 0 Å². The standard InChI is InChI=1S/C21H21N3O3/c1-26-15-8-9-16(19(10-15)27-2)17-11-20(25)23-21-18(17)12-22-24(21)13-14-6-4-3-5-7-14/h3-10,12,17H,11,13H2,1-2H3,(H,23,25)/t17-/m0/s1. The Balaban J connectivity index is 1.73. The van der Waals surface area contributed by atoms with Gasteiger partial charge in [0.15, 0.2) is 0 Å². The molecule has 2 heterocycles. The molecule has 27 heavy (non-hydrogen) atoms. The Morgan fingerprint density at radius 3 is 2.67 bits per heavy atom. The highest BCUT2D eigenvalue weighted by Gasteiger charge is 2.31. The van der Waals surface area contributed by atoms with Gasteiger partial charge >= 0.3 is 0 Å². The van der Waals surface area contributed by atoms with Crippen LogP contribution >= 0.6 is 0 Å². The van der Waals surface area contributed by atoms with E-state index in [4.69, 9.17) is 9.47 Å². The van der Waals surface area contributed by atoms with Gasteiger partial charge in [-0.1, -0.05) is 36.4 Å². The van der Waals surface area contributed by atoms with Gasteiger partial charge in [0.25, 0.3) is 0 Å². The van der Waals surface area contributed by atoms with Crippen molar-refractivity contribution in [2.75, 3.05) is 19.5 Å². The highest BCUT2D eigenvalue weighted by molar-refractivity contribution is 5.94. The van der Waals surface area contributed by atoms with E-state index in [1.54, 1.807) is 14.2 Å². The number of aromatic nitrogens is 2. The summed E-state index contributed by atoms with van der Waals surface area (Å²) in [6.07, 6.45) is 2.19. The molecule has 6 heteroatoms.